The van der Waals surface area contributed by atoms with Crippen LogP contribution in [-0.4, -0.2) is 24.8 Å². The maximum atomic E-state index is 13.7. The standard InChI is InChI=1S/C13H19FN2O2S/c1-9-11(14)7-10(8-12(9)15)19(17,18)16-6-4-5-13(16,2)3/h7-8H,4-6,15H2,1-3H3. The molecule has 0 spiro atoms. The third-order valence-electron chi connectivity index (χ3n) is 3.77. The summed E-state index contributed by atoms with van der Waals surface area (Å²) in [6, 6.07) is 2.39. The second-order valence-electron chi connectivity index (χ2n) is 5.61. The molecule has 1 fully saturated rings. The second kappa shape index (κ2) is 4.45. The number of nitrogens with two attached hydrogens (primary N) is 1. The van der Waals surface area contributed by atoms with Crippen molar-refractivity contribution in [1.29, 1.82) is 0 Å². The molecule has 0 saturated carbocycles. The summed E-state index contributed by atoms with van der Waals surface area (Å²) in [6.45, 7) is 5.75. The summed E-state index contributed by atoms with van der Waals surface area (Å²) in [5.41, 5.74) is 5.67. The summed E-state index contributed by atoms with van der Waals surface area (Å²) < 4.78 is 40.3. The van der Waals surface area contributed by atoms with Crippen molar-refractivity contribution in [3.05, 3.63) is 23.5 Å². The molecule has 106 valence electrons. The Morgan fingerprint density at radius 1 is 1.37 bits per heavy atom. The Hall–Kier alpha value is -1.14. The molecule has 1 aliphatic heterocycles. The highest BCUT2D eigenvalue weighted by Gasteiger charge is 2.41. The summed E-state index contributed by atoms with van der Waals surface area (Å²) in [4.78, 5) is -0.0666. The molecule has 1 aromatic carbocycles. The minimum atomic E-state index is -3.69. The summed E-state index contributed by atoms with van der Waals surface area (Å²) in [5.74, 6) is -0.587. The monoisotopic (exact) mass is 286 g/mol. The lowest BCUT2D eigenvalue weighted by Gasteiger charge is -2.30. The van der Waals surface area contributed by atoms with Crippen molar-refractivity contribution in [3.63, 3.8) is 0 Å². The zero-order valence-corrected chi connectivity index (χ0v) is 12.2. The van der Waals surface area contributed by atoms with Gasteiger partial charge in [-0.2, -0.15) is 4.31 Å². The predicted octanol–water partition coefficient (Wildman–Crippen LogP) is 2.28. The molecule has 0 aliphatic carbocycles. The number of sulfonamides is 1. The molecule has 6 heteroatoms. The van der Waals surface area contributed by atoms with Crippen LogP contribution in [0.25, 0.3) is 0 Å². The average Bonchev–Trinajstić information content (AvgIpc) is 2.65. The van der Waals surface area contributed by atoms with Crippen molar-refractivity contribution in [1.82, 2.24) is 4.31 Å². The van der Waals surface area contributed by atoms with E-state index in [0.29, 0.717) is 6.54 Å². The highest BCUT2D eigenvalue weighted by atomic mass is 32.2. The minimum absolute atomic E-state index is 0.0666. The molecule has 0 amide bonds. The Bertz CT molecular complexity index is 588. The zero-order valence-electron chi connectivity index (χ0n) is 11.4. The quantitative estimate of drug-likeness (QED) is 0.848. The van der Waals surface area contributed by atoms with E-state index in [1.165, 1.54) is 17.3 Å². The van der Waals surface area contributed by atoms with Gasteiger partial charge in [0.2, 0.25) is 10.0 Å². The lowest BCUT2D eigenvalue weighted by molar-refractivity contribution is 0.291. The van der Waals surface area contributed by atoms with Crippen molar-refractivity contribution in [2.45, 2.75) is 44.0 Å². The summed E-state index contributed by atoms with van der Waals surface area (Å²) in [5, 5.41) is 0. The van der Waals surface area contributed by atoms with Crippen LogP contribution in [0.5, 0.6) is 0 Å². The van der Waals surface area contributed by atoms with Gasteiger partial charge in [0.1, 0.15) is 5.82 Å². The Morgan fingerprint density at radius 2 is 2.00 bits per heavy atom. The molecule has 2 rings (SSSR count). The van der Waals surface area contributed by atoms with E-state index in [1.54, 1.807) is 0 Å². The van der Waals surface area contributed by atoms with Gasteiger partial charge in [0.05, 0.1) is 4.90 Å². The molecule has 1 heterocycles. The van der Waals surface area contributed by atoms with E-state index in [0.717, 1.165) is 18.9 Å². The zero-order chi connectivity index (χ0) is 14.4. The Labute approximate surface area is 113 Å². The van der Waals surface area contributed by atoms with Crippen LogP contribution in [0.4, 0.5) is 10.1 Å². The maximum Gasteiger partial charge on any atom is 0.243 e. The number of anilines is 1. The molecular formula is C13H19FN2O2S. The Morgan fingerprint density at radius 3 is 2.47 bits per heavy atom. The molecule has 1 aromatic rings. The van der Waals surface area contributed by atoms with Gasteiger partial charge < -0.3 is 5.73 Å². The van der Waals surface area contributed by atoms with Gasteiger partial charge in [-0.15, -0.1) is 0 Å². The van der Waals surface area contributed by atoms with Crippen LogP contribution in [0.2, 0.25) is 0 Å². The van der Waals surface area contributed by atoms with E-state index in [4.69, 9.17) is 5.73 Å². The van der Waals surface area contributed by atoms with Crippen molar-refractivity contribution in [2.24, 2.45) is 0 Å². The van der Waals surface area contributed by atoms with E-state index in [9.17, 15) is 12.8 Å². The van der Waals surface area contributed by atoms with Crippen LogP contribution in [-0.2, 0) is 10.0 Å². The molecule has 4 nitrogen and oxygen atoms in total. The average molecular weight is 286 g/mol. The number of hydrogen-bond acceptors (Lipinski definition) is 3. The predicted molar refractivity (Wildman–Crippen MR) is 72.8 cm³/mol. The number of halogens is 1. The van der Waals surface area contributed by atoms with Gasteiger partial charge in [0.25, 0.3) is 0 Å². The summed E-state index contributed by atoms with van der Waals surface area (Å²) in [7, 11) is -3.69. The molecule has 0 radical (unpaired) electrons. The first-order valence-electron chi connectivity index (χ1n) is 6.25. The first kappa shape index (κ1) is 14.3. The number of nitrogens with zero attached hydrogens (tertiary/aromatic N) is 1. The largest absolute Gasteiger partial charge is 0.398 e. The van der Waals surface area contributed by atoms with Gasteiger partial charge in [-0.3, -0.25) is 0 Å². The second-order valence-corrected chi connectivity index (χ2v) is 7.47. The Kier molecular flexibility index (Phi) is 3.35. The van der Waals surface area contributed by atoms with Crippen molar-refractivity contribution < 1.29 is 12.8 Å². The molecule has 19 heavy (non-hydrogen) atoms. The van der Waals surface area contributed by atoms with E-state index in [1.807, 2.05) is 13.8 Å². The van der Waals surface area contributed by atoms with Crippen LogP contribution in [0, 0.1) is 12.7 Å². The first-order chi connectivity index (χ1) is 8.66. The van der Waals surface area contributed by atoms with E-state index < -0.39 is 21.4 Å². The fourth-order valence-electron chi connectivity index (χ4n) is 2.48. The van der Waals surface area contributed by atoms with Gasteiger partial charge in [-0.1, -0.05) is 0 Å². The lowest BCUT2D eigenvalue weighted by atomic mass is 10.0. The number of hydrogen-bond donors (Lipinski definition) is 1. The van der Waals surface area contributed by atoms with E-state index >= 15 is 0 Å². The molecule has 0 aromatic heterocycles. The number of rotatable bonds is 2. The van der Waals surface area contributed by atoms with Crippen molar-refractivity contribution in [2.75, 3.05) is 12.3 Å². The lowest BCUT2D eigenvalue weighted by Crippen LogP contribution is -2.42. The first-order valence-corrected chi connectivity index (χ1v) is 7.69. The molecular weight excluding hydrogens is 267 g/mol. The number of nitrogen functional groups attached to an aromatic ring is 1. The molecule has 0 unspecified atom stereocenters. The van der Waals surface area contributed by atoms with Gasteiger partial charge >= 0.3 is 0 Å². The fourth-order valence-corrected chi connectivity index (χ4v) is 4.37. The molecule has 2 N–H and O–H groups in total. The molecule has 1 saturated heterocycles. The van der Waals surface area contributed by atoms with E-state index in [-0.39, 0.29) is 16.1 Å². The summed E-state index contributed by atoms with van der Waals surface area (Å²) in [6.07, 6.45) is 1.62. The van der Waals surface area contributed by atoms with Crippen molar-refractivity contribution >= 4 is 15.7 Å². The molecule has 0 atom stereocenters. The molecule has 0 bridgehead atoms. The highest BCUT2D eigenvalue weighted by Crippen LogP contribution is 2.34. The minimum Gasteiger partial charge on any atom is -0.398 e. The normalized spacial score (nSPS) is 19.8. The maximum absolute atomic E-state index is 13.7. The van der Waals surface area contributed by atoms with Crippen LogP contribution in [0.3, 0.4) is 0 Å². The van der Waals surface area contributed by atoms with Crippen LogP contribution < -0.4 is 5.73 Å². The highest BCUT2D eigenvalue weighted by molar-refractivity contribution is 7.89. The van der Waals surface area contributed by atoms with Gasteiger partial charge in [-0.05, 0) is 45.7 Å². The van der Waals surface area contributed by atoms with E-state index in [2.05, 4.69) is 0 Å². The third kappa shape index (κ3) is 2.34. The van der Waals surface area contributed by atoms with Crippen LogP contribution in [0.1, 0.15) is 32.3 Å². The van der Waals surface area contributed by atoms with Crippen LogP contribution in [0.15, 0.2) is 17.0 Å². The smallest absolute Gasteiger partial charge is 0.243 e. The van der Waals surface area contributed by atoms with Crippen molar-refractivity contribution in [3.8, 4) is 0 Å². The van der Waals surface area contributed by atoms with Gasteiger partial charge in [0.15, 0.2) is 0 Å². The van der Waals surface area contributed by atoms with Gasteiger partial charge in [-0.25, -0.2) is 12.8 Å². The summed E-state index contributed by atoms with van der Waals surface area (Å²) >= 11 is 0. The molecule has 1 aliphatic rings. The Balaban J connectivity index is 2.52. The topological polar surface area (TPSA) is 63.4 Å². The number of benzene rings is 1. The van der Waals surface area contributed by atoms with Crippen LogP contribution >= 0.6 is 0 Å². The fraction of sp³-hybridized carbons (Fsp3) is 0.538. The van der Waals surface area contributed by atoms with Gasteiger partial charge in [0, 0.05) is 23.3 Å². The third-order valence-corrected chi connectivity index (χ3v) is 5.86. The SMILES string of the molecule is Cc1c(N)cc(S(=O)(=O)N2CCCC2(C)C)cc1F.